The van der Waals surface area contributed by atoms with E-state index in [1.54, 1.807) is 36.4 Å². The number of benzene rings is 2. The third-order valence-corrected chi connectivity index (χ3v) is 4.47. The summed E-state index contributed by atoms with van der Waals surface area (Å²) in [5.74, 6) is -1.49. The summed E-state index contributed by atoms with van der Waals surface area (Å²) < 4.78 is 5.06. The highest BCUT2D eigenvalue weighted by Gasteiger charge is 2.18. The smallest absolute Gasteiger partial charge is 0.326 e. The number of esters is 1. The Morgan fingerprint density at radius 3 is 2.32 bits per heavy atom. The Morgan fingerprint density at radius 2 is 1.68 bits per heavy atom. The van der Waals surface area contributed by atoms with Crippen molar-refractivity contribution in [2.24, 2.45) is 0 Å². The van der Waals surface area contributed by atoms with Crippen molar-refractivity contribution in [3.8, 4) is 0 Å². The summed E-state index contributed by atoms with van der Waals surface area (Å²) in [7, 11) is 0. The largest absolute Gasteiger partial charge is 0.451 e. The van der Waals surface area contributed by atoms with E-state index in [-0.39, 0.29) is 12.5 Å². The number of carbonyl (C=O) groups excluding carboxylic acids is 3. The lowest BCUT2D eigenvalue weighted by Gasteiger charge is -2.14. The van der Waals surface area contributed by atoms with Crippen LogP contribution in [-0.2, 0) is 20.9 Å². The van der Waals surface area contributed by atoms with Crippen LogP contribution in [0, 0.1) is 13.8 Å². The van der Waals surface area contributed by atoms with Crippen LogP contribution in [0.25, 0.3) is 0 Å². The quantitative estimate of drug-likeness (QED) is 0.697. The van der Waals surface area contributed by atoms with Crippen LogP contribution in [0.1, 0.15) is 34.0 Å². The molecule has 0 saturated heterocycles. The van der Waals surface area contributed by atoms with Crippen LogP contribution in [0.2, 0.25) is 5.02 Å². The number of ether oxygens (including phenoxy) is 1. The normalized spacial score (nSPS) is 11.4. The molecule has 0 bridgehead atoms. The monoisotopic (exact) mass is 402 g/mol. The minimum absolute atomic E-state index is 0.293. The highest BCUT2D eigenvalue weighted by molar-refractivity contribution is 6.30. The molecule has 0 aliphatic heterocycles. The predicted octanol–water partition coefficient (Wildman–Crippen LogP) is 2.93. The molecule has 0 fully saturated rings. The van der Waals surface area contributed by atoms with Crippen LogP contribution in [0.15, 0.2) is 42.5 Å². The van der Waals surface area contributed by atoms with E-state index in [4.69, 9.17) is 16.3 Å². The third kappa shape index (κ3) is 6.39. The van der Waals surface area contributed by atoms with Gasteiger partial charge in [-0.2, -0.15) is 0 Å². The second-order valence-corrected chi connectivity index (χ2v) is 6.89. The number of aryl methyl sites for hydroxylation is 2. The molecule has 0 aliphatic carbocycles. The maximum atomic E-state index is 12.1. The maximum Gasteiger partial charge on any atom is 0.326 e. The van der Waals surface area contributed by atoms with Gasteiger partial charge in [-0.25, -0.2) is 0 Å². The molecule has 7 heteroatoms. The van der Waals surface area contributed by atoms with Crippen molar-refractivity contribution < 1.29 is 19.1 Å². The van der Waals surface area contributed by atoms with E-state index in [9.17, 15) is 14.4 Å². The minimum atomic E-state index is -0.974. The molecule has 0 aliphatic rings. The average molecular weight is 403 g/mol. The van der Waals surface area contributed by atoms with Crippen LogP contribution in [0.4, 0.5) is 0 Å². The molecule has 148 valence electrons. The Hall–Kier alpha value is -2.86. The zero-order valence-electron chi connectivity index (χ0n) is 16.0. The first-order chi connectivity index (χ1) is 13.3. The van der Waals surface area contributed by atoms with Gasteiger partial charge in [-0.1, -0.05) is 29.8 Å². The first kappa shape index (κ1) is 21.4. The third-order valence-electron chi connectivity index (χ3n) is 4.22. The van der Waals surface area contributed by atoms with Gasteiger partial charge in [-0.15, -0.1) is 0 Å². The van der Waals surface area contributed by atoms with E-state index >= 15 is 0 Å². The molecule has 1 unspecified atom stereocenters. The first-order valence-electron chi connectivity index (χ1n) is 8.83. The number of carbonyl (C=O) groups is 3. The summed E-state index contributed by atoms with van der Waals surface area (Å²) in [5, 5.41) is 5.79. The molecule has 2 N–H and O–H groups in total. The Kier molecular flexibility index (Phi) is 7.58. The molecular formula is C21H23ClN2O4. The number of amides is 2. The van der Waals surface area contributed by atoms with Crippen molar-refractivity contribution in [2.75, 3.05) is 6.54 Å². The maximum absolute atomic E-state index is 12.1. The highest BCUT2D eigenvalue weighted by atomic mass is 35.5. The molecule has 1 atom stereocenters. The first-order valence-corrected chi connectivity index (χ1v) is 9.21. The van der Waals surface area contributed by atoms with Gasteiger partial charge < -0.3 is 15.4 Å². The molecule has 0 radical (unpaired) electrons. The summed E-state index contributed by atoms with van der Waals surface area (Å²) in [6, 6.07) is 12.3. The van der Waals surface area contributed by atoms with Crippen molar-refractivity contribution in [1.29, 1.82) is 0 Å². The van der Waals surface area contributed by atoms with Crippen molar-refractivity contribution in [3.63, 3.8) is 0 Å². The van der Waals surface area contributed by atoms with Crippen molar-refractivity contribution in [1.82, 2.24) is 10.6 Å². The second-order valence-electron chi connectivity index (χ2n) is 6.46. The number of rotatable bonds is 7. The second kappa shape index (κ2) is 9.90. The molecular weight excluding hydrogens is 380 g/mol. The lowest BCUT2D eigenvalue weighted by atomic mass is 10.1. The number of hydrogen-bond donors (Lipinski definition) is 2. The lowest BCUT2D eigenvalue weighted by molar-refractivity contribution is -0.153. The van der Waals surface area contributed by atoms with Crippen molar-refractivity contribution in [2.45, 2.75) is 33.4 Å². The summed E-state index contributed by atoms with van der Waals surface area (Å²) in [6.07, 6.45) is -0.974. The summed E-state index contributed by atoms with van der Waals surface area (Å²) >= 11 is 5.81. The number of nitrogens with one attached hydrogen (secondary N) is 2. The van der Waals surface area contributed by atoms with Gasteiger partial charge in [0.05, 0.1) is 0 Å². The van der Waals surface area contributed by atoms with Gasteiger partial charge in [0.15, 0.2) is 6.10 Å². The predicted molar refractivity (Wildman–Crippen MR) is 107 cm³/mol. The van der Waals surface area contributed by atoms with E-state index in [0.717, 1.165) is 16.7 Å². The van der Waals surface area contributed by atoms with E-state index in [2.05, 4.69) is 10.6 Å². The molecule has 6 nitrogen and oxygen atoms in total. The SMILES string of the molecule is Cc1ccc(C(=O)NCC(=O)OC(C)C(=O)NCc2ccc(Cl)cc2)cc1C. The van der Waals surface area contributed by atoms with E-state index < -0.39 is 18.0 Å². The molecule has 2 aromatic carbocycles. The Bertz CT molecular complexity index is 865. The topological polar surface area (TPSA) is 84.5 Å². The fraction of sp³-hybridized carbons (Fsp3) is 0.286. The van der Waals surface area contributed by atoms with Gasteiger partial charge in [0.25, 0.3) is 11.8 Å². The van der Waals surface area contributed by atoms with Crippen LogP contribution >= 0.6 is 11.6 Å². The molecule has 0 heterocycles. The lowest BCUT2D eigenvalue weighted by Crippen LogP contribution is -2.38. The fourth-order valence-electron chi connectivity index (χ4n) is 2.36. The molecule has 2 rings (SSSR count). The zero-order valence-corrected chi connectivity index (χ0v) is 16.8. The summed E-state index contributed by atoms with van der Waals surface area (Å²) in [4.78, 5) is 36.0. The van der Waals surface area contributed by atoms with E-state index in [1.165, 1.54) is 6.92 Å². The fourth-order valence-corrected chi connectivity index (χ4v) is 2.49. The molecule has 0 aromatic heterocycles. The minimum Gasteiger partial charge on any atom is -0.451 e. The van der Waals surface area contributed by atoms with Gasteiger partial charge in [0.2, 0.25) is 0 Å². The van der Waals surface area contributed by atoms with Crippen LogP contribution in [0.5, 0.6) is 0 Å². The van der Waals surface area contributed by atoms with Gasteiger partial charge in [-0.05, 0) is 61.7 Å². The van der Waals surface area contributed by atoms with Crippen molar-refractivity contribution >= 4 is 29.4 Å². The van der Waals surface area contributed by atoms with Crippen LogP contribution in [0.3, 0.4) is 0 Å². The molecule has 0 spiro atoms. The van der Waals surface area contributed by atoms with Crippen molar-refractivity contribution in [3.05, 3.63) is 69.7 Å². The van der Waals surface area contributed by atoms with E-state index in [0.29, 0.717) is 17.1 Å². The number of halogens is 1. The Morgan fingerprint density at radius 1 is 1.00 bits per heavy atom. The van der Waals surface area contributed by atoms with Gasteiger partial charge >= 0.3 is 5.97 Å². The summed E-state index contributed by atoms with van der Waals surface area (Å²) in [6.45, 7) is 5.31. The number of hydrogen-bond acceptors (Lipinski definition) is 4. The Balaban J connectivity index is 1.76. The van der Waals surface area contributed by atoms with Gasteiger partial charge in [0.1, 0.15) is 6.54 Å². The molecule has 2 aromatic rings. The van der Waals surface area contributed by atoms with E-state index in [1.807, 2.05) is 19.9 Å². The molecule has 0 saturated carbocycles. The van der Waals surface area contributed by atoms with Crippen LogP contribution < -0.4 is 10.6 Å². The average Bonchev–Trinajstić information content (AvgIpc) is 2.67. The summed E-state index contributed by atoms with van der Waals surface area (Å²) in [5.41, 5.74) is 3.40. The van der Waals surface area contributed by atoms with Crippen LogP contribution in [-0.4, -0.2) is 30.4 Å². The van der Waals surface area contributed by atoms with Gasteiger partial charge in [0, 0.05) is 17.1 Å². The molecule has 2 amide bonds. The zero-order chi connectivity index (χ0) is 20.7. The standard InChI is InChI=1S/C21H23ClN2O4/c1-13-4-7-17(10-14(13)2)21(27)24-12-19(25)28-15(3)20(26)23-11-16-5-8-18(22)9-6-16/h4-10,15H,11-12H2,1-3H3,(H,23,26)(H,24,27). The molecule has 28 heavy (non-hydrogen) atoms. The Labute approximate surface area is 169 Å². The highest BCUT2D eigenvalue weighted by Crippen LogP contribution is 2.10. The van der Waals surface area contributed by atoms with Gasteiger partial charge in [-0.3, -0.25) is 14.4 Å².